The van der Waals surface area contributed by atoms with Crippen LogP contribution in [0.4, 0.5) is 4.79 Å². The van der Waals surface area contributed by atoms with Crippen LogP contribution in [0.2, 0.25) is 0 Å². The Kier molecular flexibility index (Phi) is 9.73. The maximum atomic E-state index is 11.7. The van der Waals surface area contributed by atoms with Crippen molar-refractivity contribution in [1.82, 2.24) is 10.2 Å². The lowest BCUT2D eigenvalue weighted by Gasteiger charge is -2.16. The monoisotopic (exact) mass is 256 g/mol. The summed E-state index contributed by atoms with van der Waals surface area (Å²) in [5, 5.41) is 10.7. The minimum atomic E-state index is -0.993. The first-order valence-electron chi connectivity index (χ1n) is 6.39. The molecule has 0 spiro atoms. The predicted octanol–water partition coefficient (Wildman–Crippen LogP) is 2.24. The van der Waals surface area contributed by atoms with Gasteiger partial charge in [-0.3, -0.25) is 4.79 Å². The summed E-state index contributed by atoms with van der Waals surface area (Å²) in [5.74, 6) is 0.158. The second-order valence-electron chi connectivity index (χ2n) is 4.29. The number of nitrogens with one attached hydrogen (secondary N) is 1. The van der Waals surface area contributed by atoms with Crippen LogP contribution in [0.5, 0.6) is 0 Å². The molecular formula is C13H24N2O3. The molecule has 0 aromatic heterocycles. The molecule has 0 aliphatic rings. The first-order valence-corrected chi connectivity index (χ1v) is 6.39. The van der Waals surface area contributed by atoms with Crippen LogP contribution < -0.4 is 5.32 Å². The fourth-order valence-electron chi connectivity index (χ4n) is 1.56. The Balaban J connectivity index is 3.45. The topological polar surface area (TPSA) is 69.6 Å². The third-order valence-electron chi connectivity index (χ3n) is 2.67. The number of hydrogen-bond acceptors (Lipinski definition) is 2. The average molecular weight is 256 g/mol. The predicted molar refractivity (Wildman–Crippen MR) is 71.6 cm³/mol. The van der Waals surface area contributed by atoms with E-state index in [1.54, 1.807) is 4.90 Å². The summed E-state index contributed by atoms with van der Waals surface area (Å²) in [7, 11) is 1.82. The zero-order valence-corrected chi connectivity index (χ0v) is 11.2. The Labute approximate surface area is 109 Å². The lowest BCUT2D eigenvalue weighted by atomic mass is 10.1. The van der Waals surface area contributed by atoms with Gasteiger partial charge >= 0.3 is 6.09 Å². The molecule has 0 saturated heterocycles. The first kappa shape index (κ1) is 16.5. The summed E-state index contributed by atoms with van der Waals surface area (Å²) in [6, 6.07) is 0. The van der Waals surface area contributed by atoms with Crippen molar-refractivity contribution >= 4 is 12.0 Å². The summed E-state index contributed by atoms with van der Waals surface area (Å²) in [5.41, 5.74) is 0. The molecule has 5 heteroatoms. The molecule has 0 atom stereocenters. The van der Waals surface area contributed by atoms with Crippen molar-refractivity contribution < 1.29 is 14.7 Å². The summed E-state index contributed by atoms with van der Waals surface area (Å²) < 4.78 is 0. The van der Waals surface area contributed by atoms with Crippen LogP contribution in [0.1, 0.15) is 38.5 Å². The number of amides is 2. The number of nitrogens with zero attached hydrogens (tertiary/aromatic N) is 1. The zero-order valence-electron chi connectivity index (χ0n) is 11.2. The minimum absolute atomic E-state index is 0.158. The molecular weight excluding hydrogens is 232 g/mol. The van der Waals surface area contributed by atoms with E-state index >= 15 is 0 Å². The van der Waals surface area contributed by atoms with Crippen molar-refractivity contribution in [2.24, 2.45) is 0 Å². The van der Waals surface area contributed by atoms with Gasteiger partial charge in [0, 0.05) is 26.6 Å². The normalized spacial score (nSPS) is 9.83. The molecule has 0 heterocycles. The van der Waals surface area contributed by atoms with Crippen molar-refractivity contribution in [1.29, 1.82) is 0 Å². The second-order valence-corrected chi connectivity index (χ2v) is 4.29. The molecule has 2 N–H and O–H groups in total. The standard InChI is InChI=1S/C13H24N2O3/c1-3-4-8-11-15(2)12(16)9-6-5-7-10-14-13(17)18/h3,14H,1,4-11H2,2H3,(H,17,18). The van der Waals surface area contributed by atoms with Crippen molar-refractivity contribution in [3.63, 3.8) is 0 Å². The van der Waals surface area contributed by atoms with Crippen LogP contribution in [0, 0.1) is 0 Å². The minimum Gasteiger partial charge on any atom is -0.465 e. The number of unbranched alkanes of at least 4 members (excludes halogenated alkanes) is 3. The first-order chi connectivity index (χ1) is 8.57. The van der Waals surface area contributed by atoms with Gasteiger partial charge in [0.25, 0.3) is 0 Å². The molecule has 0 fully saturated rings. The van der Waals surface area contributed by atoms with E-state index in [0.29, 0.717) is 13.0 Å². The molecule has 0 rings (SSSR count). The maximum Gasteiger partial charge on any atom is 0.404 e. The van der Waals surface area contributed by atoms with E-state index in [1.807, 2.05) is 13.1 Å². The van der Waals surface area contributed by atoms with Crippen molar-refractivity contribution in [3.05, 3.63) is 12.7 Å². The Morgan fingerprint density at radius 1 is 1.28 bits per heavy atom. The Morgan fingerprint density at radius 2 is 2.00 bits per heavy atom. The van der Waals surface area contributed by atoms with E-state index in [0.717, 1.165) is 38.6 Å². The van der Waals surface area contributed by atoms with E-state index in [9.17, 15) is 9.59 Å². The van der Waals surface area contributed by atoms with E-state index < -0.39 is 6.09 Å². The second kappa shape index (κ2) is 10.6. The van der Waals surface area contributed by atoms with Gasteiger partial charge in [0.15, 0.2) is 0 Å². The summed E-state index contributed by atoms with van der Waals surface area (Å²) in [6.07, 6.45) is 5.74. The van der Waals surface area contributed by atoms with Gasteiger partial charge in [-0.05, 0) is 25.7 Å². The SMILES string of the molecule is C=CCCCN(C)C(=O)CCCCCNC(=O)O. The summed E-state index contributed by atoms with van der Waals surface area (Å²) in [6.45, 7) is 4.87. The smallest absolute Gasteiger partial charge is 0.404 e. The molecule has 0 radical (unpaired) electrons. The van der Waals surface area contributed by atoms with Gasteiger partial charge < -0.3 is 15.3 Å². The number of rotatable bonds is 10. The molecule has 0 aliphatic carbocycles. The van der Waals surface area contributed by atoms with Gasteiger partial charge in [-0.2, -0.15) is 0 Å². The van der Waals surface area contributed by atoms with Gasteiger partial charge in [0.05, 0.1) is 0 Å². The van der Waals surface area contributed by atoms with Crippen LogP contribution in [0.3, 0.4) is 0 Å². The van der Waals surface area contributed by atoms with Crippen molar-refractivity contribution in [2.45, 2.75) is 38.5 Å². The van der Waals surface area contributed by atoms with Gasteiger partial charge in [-0.25, -0.2) is 4.79 Å². The van der Waals surface area contributed by atoms with Crippen molar-refractivity contribution in [2.75, 3.05) is 20.1 Å². The summed E-state index contributed by atoms with van der Waals surface area (Å²) >= 11 is 0. The maximum absolute atomic E-state index is 11.7. The molecule has 0 unspecified atom stereocenters. The van der Waals surface area contributed by atoms with Gasteiger partial charge in [-0.1, -0.05) is 12.5 Å². The van der Waals surface area contributed by atoms with Gasteiger partial charge in [-0.15, -0.1) is 6.58 Å². The van der Waals surface area contributed by atoms with Crippen LogP contribution in [0.15, 0.2) is 12.7 Å². The fraction of sp³-hybridized carbons (Fsp3) is 0.692. The van der Waals surface area contributed by atoms with E-state index in [-0.39, 0.29) is 5.91 Å². The highest BCUT2D eigenvalue weighted by Gasteiger charge is 2.07. The lowest BCUT2D eigenvalue weighted by molar-refractivity contribution is -0.130. The van der Waals surface area contributed by atoms with Gasteiger partial charge in [0.1, 0.15) is 0 Å². The molecule has 18 heavy (non-hydrogen) atoms. The highest BCUT2D eigenvalue weighted by atomic mass is 16.4. The molecule has 2 amide bonds. The molecule has 0 aromatic rings. The lowest BCUT2D eigenvalue weighted by Crippen LogP contribution is -2.27. The van der Waals surface area contributed by atoms with Crippen molar-refractivity contribution in [3.8, 4) is 0 Å². The van der Waals surface area contributed by atoms with E-state index in [1.165, 1.54) is 0 Å². The Bertz CT molecular complexity index is 267. The van der Waals surface area contributed by atoms with E-state index in [2.05, 4.69) is 11.9 Å². The largest absolute Gasteiger partial charge is 0.465 e. The average Bonchev–Trinajstić information content (AvgIpc) is 2.33. The van der Waals surface area contributed by atoms with E-state index in [4.69, 9.17) is 5.11 Å². The highest BCUT2D eigenvalue weighted by molar-refractivity contribution is 5.75. The third kappa shape index (κ3) is 9.69. The number of carboxylic acid groups (broad SMARTS) is 1. The molecule has 0 bridgehead atoms. The third-order valence-corrected chi connectivity index (χ3v) is 2.67. The molecule has 0 aromatic carbocycles. The quantitative estimate of drug-likeness (QED) is 0.465. The highest BCUT2D eigenvalue weighted by Crippen LogP contribution is 2.03. The van der Waals surface area contributed by atoms with Gasteiger partial charge in [0.2, 0.25) is 5.91 Å². The van der Waals surface area contributed by atoms with Crippen LogP contribution in [-0.4, -0.2) is 42.1 Å². The fourth-order valence-corrected chi connectivity index (χ4v) is 1.56. The van der Waals surface area contributed by atoms with Crippen LogP contribution >= 0.6 is 0 Å². The Hall–Kier alpha value is -1.52. The molecule has 0 aliphatic heterocycles. The summed E-state index contributed by atoms with van der Waals surface area (Å²) in [4.78, 5) is 23.6. The molecule has 104 valence electrons. The Morgan fingerprint density at radius 3 is 2.61 bits per heavy atom. The molecule has 5 nitrogen and oxygen atoms in total. The number of carbonyl (C=O) groups is 2. The molecule has 0 saturated carbocycles. The van der Waals surface area contributed by atoms with Crippen LogP contribution in [-0.2, 0) is 4.79 Å². The zero-order chi connectivity index (χ0) is 13.8. The number of carbonyl (C=O) groups excluding carboxylic acids is 1. The van der Waals surface area contributed by atoms with Crippen LogP contribution in [0.25, 0.3) is 0 Å². The number of hydrogen-bond donors (Lipinski definition) is 2. The number of allylic oxidation sites excluding steroid dienone is 1.